The number of rotatable bonds is 6. The van der Waals surface area contributed by atoms with Gasteiger partial charge in [-0.25, -0.2) is 4.98 Å². The van der Waals surface area contributed by atoms with Crippen molar-refractivity contribution in [3.63, 3.8) is 0 Å². The summed E-state index contributed by atoms with van der Waals surface area (Å²) in [5.74, 6) is 1.10. The van der Waals surface area contributed by atoms with E-state index in [2.05, 4.69) is 17.2 Å². The summed E-state index contributed by atoms with van der Waals surface area (Å²) in [4.78, 5) is 16.3. The minimum absolute atomic E-state index is 0.0351. The van der Waals surface area contributed by atoms with E-state index < -0.39 is 0 Å². The Kier molecular flexibility index (Phi) is 4.86. The number of aromatic nitrogens is 2. The van der Waals surface area contributed by atoms with Gasteiger partial charge < -0.3 is 9.88 Å². The van der Waals surface area contributed by atoms with Gasteiger partial charge in [0, 0.05) is 36.8 Å². The van der Waals surface area contributed by atoms with Crippen LogP contribution in [0.5, 0.6) is 0 Å². The summed E-state index contributed by atoms with van der Waals surface area (Å²) >= 11 is 6.11. The zero-order valence-electron chi connectivity index (χ0n) is 11.5. The maximum atomic E-state index is 12.2. The highest BCUT2D eigenvalue weighted by Gasteiger charge is 2.33. The van der Waals surface area contributed by atoms with Crippen LogP contribution < -0.4 is 10.9 Å². The highest BCUT2D eigenvalue weighted by Crippen LogP contribution is 2.38. The third-order valence-corrected chi connectivity index (χ3v) is 4.52. The quantitative estimate of drug-likeness (QED) is 0.817. The second-order valence-electron chi connectivity index (χ2n) is 5.47. The number of anilines is 1. The maximum absolute atomic E-state index is 12.2. The van der Waals surface area contributed by atoms with Crippen molar-refractivity contribution in [2.75, 3.05) is 17.7 Å². The van der Waals surface area contributed by atoms with E-state index in [1.807, 2.05) is 0 Å². The van der Waals surface area contributed by atoms with Crippen LogP contribution >= 0.6 is 11.6 Å². The number of halogens is 1. The van der Waals surface area contributed by atoms with Gasteiger partial charge in [-0.3, -0.25) is 4.79 Å². The standard InChI is InChI=1S/C14H22ClN3O/c1-2-8-18-9-7-16-12(13(18)19)17-11-14(10-15)5-3-4-6-14/h7,9H,2-6,8,10-11H2,1H3,(H,16,17). The van der Waals surface area contributed by atoms with Crippen LogP contribution in [-0.4, -0.2) is 22.0 Å². The van der Waals surface area contributed by atoms with Crippen molar-refractivity contribution in [3.05, 3.63) is 22.7 Å². The molecular formula is C14H22ClN3O. The van der Waals surface area contributed by atoms with Crippen LogP contribution in [0, 0.1) is 5.41 Å². The van der Waals surface area contributed by atoms with Crippen molar-refractivity contribution in [1.29, 1.82) is 0 Å². The predicted octanol–water partition coefficient (Wildman–Crippen LogP) is 2.86. The van der Waals surface area contributed by atoms with E-state index in [4.69, 9.17) is 11.6 Å². The zero-order valence-corrected chi connectivity index (χ0v) is 12.2. The summed E-state index contributed by atoms with van der Waals surface area (Å²) in [5, 5.41) is 3.22. The molecule has 1 heterocycles. The topological polar surface area (TPSA) is 46.9 Å². The minimum Gasteiger partial charge on any atom is -0.365 e. The summed E-state index contributed by atoms with van der Waals surface area (Å²) in [6, 6.07) is 0. The normalized spacial score (nSPS) is 17.6. The lowest BCUT2D eigenvalue weighted by Gasteiger charge is -2.26. The fourth-order valence-electron chi connectivity index (χ4n) is 2.74. The van der Waals surface area contributed by atoms with Crippen molar-refractivity contribution >= 4 is 17.4 Å². The number of alkyl halides is 1. The molecule has 19 heavy (non-hydrogen) atoms. The fourth-order valence-corrected chi connectivity index (χ4v) is 3.10. The minimum atomic E-state index is -0.0351. The van der Waals surface area contributed by atoms with Gasteiger partial charge in [0.2, 0.25) is 0 Å². The third kappa shape index (κ3) is 3.30. The van der Waals surface area contributed by atoms with Gasteiger partial charge in [0.15, 0.2) is 5.82 Å². The molecule has 0 spiro atoms. The second-order valence-corrected chi connectivity index (χ2v) is 5.74. The van der Waals surface area contributed by atoms with Gasteiger partial charge in [-0.1, -0.05) is 19.8 Å². The Morgan fingerprint density at radius 1 is 1.47 bits per heavy atom. The molecular weight excluding hydrogens is 262 g/mol. The molecule has 1 saturated carbocycles. The molecule has 0 unspecified atom stereocenters. The number of nitrogens with one attached hydrogen (secondary N) is 1. The van der Waals surface area contributed by atoms with E-state index in [0.717, 1.165) is 32.4 Å². The van der Waals surface area contributed by atoms with E-state index in [1.54, 1.807) is 17.0 Å². The summed E-state index contributed by atoms with van der Waals surface area (Å²) in [7, 11) is 0. The summed E-state index contributed by atoms with van der Waals surface area (Å²) in [6.45, 7) is 3.53. The molecule has 1 fully saturated rings. The maximum Gasteiger partial charge on any atom is 0.293 e. The molecule has 1 aromatic rings. The molecule has 0 amide bonds. The molecule has 0 radical (unpaired) electrons. The Bertz CT molecular complexity index is 466. The molecule has 1 aliphatic rings. The summed E-state index contributed by atoms with van der Waals surface area (Å²) in [5.41, 5.74) is 0.105. The first-order chi connectivity index (χ1) is 9.21. The van der Waals surface area contributed by atoms with Gasteiger partial charge in [-0.15, -0.1) is 11.6 Å². The van der Waals surface area contributed by atoms with E-state index in [1.165, 1.54) is 12.8 Å². The van der Waals surface area contributed by atoms with Crippen molar-refractivity contribution < 1.29 is 0 Å². The molecule has 106 valence electrons. The first-order valence-corrected chi connectivity index (χ1v) is 7.59. The average molecular weight is 284 g/mol. The SMILES string of the molecule is CCCn1ccnc(NCC2(CCl)CCCC2)c1=O. The zero-order chi connectivity index (χ0) is 13.7. The summed E-state index contributed by atoms with van der Waals surface area (Å²) in [6.07, 6.45) is 9.10. The van der Waals surface area contributed by atoms with Crippen LogP contribution in [0.1, 0.15) is 39.0 Å². The molecule has 0 aromatic carbocycles. The molecule has 1 N–H and O–H groups in total. The molecule has 5 heteroatoms. The Morgan fingerprint density at radius 3 is 2.84 bits per heavy atom. The first kappa shape index (κ1) is 14.4. The Balaban J connectivity index is 2.07. The second kappa shape index (κ2) is 6.42. The fraction of sp³-hybridized carbons (Fsp3) is 0.714. The lowest BCUT2D eigenvalue weighted by atomic mass is 9.88. The average Bonchev–Trinajstić information content (AvgIpc) is 2.89. The number of hydrogen-bond acceptors (Lipinski definition) is 3. The van der Waals surface area contributed by atoms with E-state index >= 15 is 0 Å². The van der Waals surface area contributed by atoms with Gasteiger partial charge in [-0.05, 0) is 19.3 Å². The van der Waals surface area contributed by atoms with E-state index in [0.29, 0.717) is 11.7 Å². The predicted molar refractivity (Wildman–Crippen MR) is 78.9 cm³/mol. The van der Waals surface area contributed by atoms with Crippen molar-refractivity contribution in [3.8, 4) is 0 Å². The Labute approximate surface area is 119 Å². The molecule has 0 atom stereocenters. The van der Waals surface area contributed by atoms with Crippen LogP contribution in [-0.2, 0) is 6.54 Å². The van der Waals surface area contributed by atoms with Crippen LogP contribution in [0.15, 0.2) is 17.2 Å². The summed E-state index contributed by atoms with van der Waals surface area (Å²) < 4.78 is 1.71. The van der Waals surface area contributed by atoms with Gasteiger partial charge >= 0.3 is 0 Å². The number of hydrogen-bond donors (Lipinski definition) is 1. The lowest BCUT2D eigenvalue weighted by molar-refractivity contribution is 0.368. The van der Waals surface area contributed by atoms with Crippen molar-refractivity contribution in [2.24, 2.45) is 5.41 Å². The largest absolute Gasteiger partial charge is 0.365 e. The van der Waals surface area contributed by atoms with Gasteiger partial charge in [0.25, 0.3) is 5.56 Å². The lowest BCUT2D eigenvalue weighted by Crippen LogP contribution is -2.32. The van der Waals surface area contributed by atoms with Crippen molar-refractivity contribution in [2.45, 2.75) is 45.6 Å². The Morgan fingerprint density at radius 2 is 2.21 bits per heavy atom. The molecule has 1 aliphatic carbocycles. The molecule has 0 bridgehead atoms. The van der Waals surface area contributed by atoms with Gasteiger partial charge in [0.1, 0.15) is 0 Å². The van der Waals surface area contributed by atoms with Crippen molar-refractivity contribution in [1.82, 2.24) is 9.55 Å². The third-order valence-electron chi connectivity index (χ3n) is 3.96. The molecule has 1 aromatic heterocycles. The smallest absolute Gasteiger partial charge is 0.293 e. The molecule has 2 rings (SSSR count). The van der Waals surface area contributed by atoms with Crippen LogP contribution in [0.25, 0.3) is 0 Å². The number of nitrogens with zero attached hydrogens (tertiary/aromatic N) is 2. The monoisotopic (exact) mass is 283 g/mol. The number of aryl methyl sites for hydroxylation is 1. The highest BCUT2D eigenvalue weighted by molar-refractivity contribution is 6.18. The van der Waals surface area contributed by atoms with Gasteiger partial charge in [0.05, 0.1) is 0 Å². The molecule has 0 saturated heterocycles. The van der Waals surface area contributed by atoms with Crippen LogP contribution in [0.4, 0.5) is 5.82 Å². The van der Waals surface area contributed by atoms with Gasteiger partial charge in [-0.2, -0.15) is 0 Å². The highest BCUT2D eigenvalue weighted by atomic mass is 35.5. The Hall–Kier alpha value is -1.03. The first-order valence-electron chi connectivity index (χ1n) is 7.06. The molecule has 0 aliphatic heterocycles. The van der Waals surface area contributed by atoms with E-state index in [9.17, 15) is 4.79 Å². The van der Waals surface area contributed by atoms with Crippen LogP contribution in [0.2, 0.25) is 0 Å². The van der Waals surface area contributed by atoms with E-state index in [-0.39, 0.29) is 11.0 Å². The van der Waals surface area contributed by atoms with Crippen LogP contribution in [0.3, 0.4) is 0 Å². The molecule has 4 nitrogen and oxygen atoms in total.